The van der Waals surface area contributed by atoms with Gasteiger partial charge in [-0.1, -0.05) is 23.7 Å². The molecule has 2 rings (SSSR count). The molecule has 0 aliphatic rings. The van der Waals surface area contributed by atoms with E-state index in [1.807, 2.05) is 0 Å². The molecule has 0 radical (unpaired) electrons. The maximum absolute atomic E-state index is 11.8. The Balaban J connectivity index is 2.08. The van der Waals surface area contributed by atoms with Gasteiger partial charge in [-0.3, -0.25) is 0 Å². The predicted octanol–water partition coefficient (Wildman–Crippen LogP) is 1.88. The lowest BCUT2D eigenvalue weighted by Crippen LogP contribution is -2.10. The van der Waals surface area contributed by atoms with E-state index in [0.717, 1.165) is 5.41 Å². The number of nitrogens with zero attached hydrogens (tertiary/aromatic N) is 2. The number of H-pyrrole nitrogens is 1. The van der Waals surface area contributed by atoms with Crippen LogP contribution in [0.4, 0.5) is 5.95 Å². The summed E-state index contributed by atoms with van der Waals surface area (Å²) in [5, 5.41) is 7.61. The molecule has 0 saturated heterocycles. The Hall–Kier alpha value is -2.06. The van der Waals surface area contributed by atoms with E-state index in [-0.39, 0.29) is 12.0 Å². The molecule has 0 amide bonds. The number of methoxy groups -OCH3 is 1. The van der Waals surface area contributed by atoms with Crippen LogP contribution in [0, 0.1) is 0 Å². The summed E-state index contributed by atoms with van der Waals surface area (Å²) < 4.78 is 30.5. The van der Waals surface area contributed by atoms with Gasteiger partial charge in [0.2, 0.25) is 5.95 Å². The molecule has 1 aromatic heterocycles. The van der Waals surface area contributed by atoms with Crippen molar-refractivity contribution < 1.29 is 13.2 Å². The van der Waals surface area contributed by atoms with Crippen LogP contribution < -0.4 is 9.46 Å². The topological polar surface area (TPSA) is 97.0 Å². The number of anilines is 1. The van der Waals surface area contributed by atoms with Gasteiger partial charge in [0.15, 0.2) is 0 Å². The van der Waals surface area contributed by atoms with E-state index in [1.54, 1.807) is 24.3 Å². The average molecular weight is 315 g/mol. The predicted molar refractivity (Wildman–Crippen MR) is 76.0 cm³/mol. The van der Waals surface area contributed by atoms with Crippen LogP contribution in [0.25, 0.3) is 6.08 Å². The third kappa shape index (κ3) is 3.97. The molecule has 0 aliphatic carbocycles. The minimum absolute atomic E-state index is 0.0254. The van der Waals surface area contributed by atoms with Crippen LogP contribution in [-0.4, -0.2) is 30.7 Å². The molecule has 9 heteroatoms. The van der Waals surface area contributed by atoms with Crippen LogP contribution in [-0.2, 0) is 10.0 Å². The molecule has 20 heavy (non-hydrogen) atoms. The van der Waals surface area contributed by atoms with Gasteiger partial charge in [0, 0.05) is 5.02 Å². The summed E-state index contributed by atoms with van der Waals surface area (Å²) in [7, 11) is -2.31. The molecule has 2 aromatic rings. The summed E-state index contributed by atoms with van der Waals surface area (Å²) in [6, 6.07) is 6.78. The van der Waals surface area contributed by atoms with Crippen molar-refractivity contribution in [3.8, 4) is 6.01 Å². The number of rotatable bonds is 5. The van der Waals surface area contributed by atoms with E-state index >= 15 is 0 Å². The molecule has 0 aliphatic heterocycles. The highest BCUT2D eigenvalue weighted by molar-refractivity contribution is 7.95. The van der Waals surface area contributed by atoms with Crippen molar-refractivity contribution >= 4 is 33.6 Å². The second kappa shape index (κ2) is 5.93. The van der Waals surface area contributed by atoms with Crippen LogP contribution >= 0.6 is 11.6 Å². The maximum Gasteiger partial charge on any atom is 0.336 e. The highest BCUT2D eigenvalue weighted by Crippen LogP contribution is 2.12. The summed E-state index contributed by atoms with van der Waals surface area (Å²) in [5.74, 6) is -0.0254. The van der Waals surface area contributed by atoms with E-state index in [4.69, 9.17) is 16.3 Å². The van der Waals surface area contributed by atoms with Crippen molar-refractivity contribution in [2.24, 2.45) is 0 Å². The van der Waals surface area contributed by atoms with Crippen LogP contribution in [0.1, 0.15) is 5.56 Å². The van der Waals surface area contributed by atoms with Gasteiger partial charge in [0.05, 0.1) is 12.5 Å². The molecule has 2 N–H and O–H groups in total. The third-order valence-corrected chi connectivity index (χ3v) is 3.42. The quantitative estimate of drug-likeness (QED) is 0.878. The highest BCUT2D eigenvalue weighted by atomic mass is 35.5. The Morgan fingerprint density at radius 2 is 2.05 bits per heavy atom. The van der Waals surface area contributed by atoms with Crippen LogP contribution in [0.2, 0.25) is 5.02 Å². The van der Waals surface area contributed by atoms with Gasteiger partial charge in [-0.25, -0.2) is 18.2 Å². The van der Waals surface area contributed by atoms with Crippen molar-refractivity contribution in [3.05, 3.63) is 40.3 Å². The first kappa shape index (κ1) is 14.4. The van der Waals surface area contributed by atoms with Gasteiger partial charge in [0.25, 0.3) is 10.0 Å². The number of aromatic amines is 1. The van der Waals surface area contributed by atoms with E-state index in [9.17, 15) is 8.42 Å². The second-order valence-corrected chi connectivity index (χ2v) is 5.67. The average Bonchev–Trinajstić information content (AvgIpc) is 2.85. The molecule has 106 valence electrons. The summed E-state index contributed by atoms with van der Waals surface area (Å²) >= 11 is 5.74. The smallest absolute Gasteiger partial charge is 0.336 e. The number of halogens is 1. The monoisotopic (exact) mass is 314 g/mol. The molecular weight excluding hydrogens is 304 g/mol. The number of benzene rings is 1. The fourth-order valence-electron chi connectivity index (χ4n) is 1.29. The van der Waals surface area contributed by atoms with Gasteiger partial charge in [-0.15, -0.1) is 5.10 Å². The van der Waals surface area contributed by atoms with Gasteiger partial charge < -0.3 is 4.74 Å². The lowest BCUT2D eigenvalue weighted by atomic mass is 10.2. The minimum atomic E-state index is -3.69. The molecule has 1 heterocycles. The van der Waals surface area contributed by atoms with Crippen molar-refractivity contribution in [2.45, 2.75) is 0 Å². The summed E-state index contributed by atoms with van der Waals surface area (Å²) in [6.45, 7) is 0. The van der Waals surface area contributed by atoms with Crippen molar-refractivity contribution in [3.63, 3.8) is 0 Å². The lowest BCUT2D eigenvalue weighted by Gasteiger charge is -1.99. The SMILES string of the molecule is COc1n[nH]c(NS(=O)(=O)/C=C/c2ccc(Cl)cc2)n1. The number of ether oxygens (including phenoxy) is 1. The Morgan fingerprint density at radius 3 is 2.65 bits per heavy atom. The maximum atomic E-state index is 11.8. The van der Waals surface area contributed by atoms with Crippen molar-refractivity contribution in [1.82, 2.24) is 15.2 Å². The molecular formula is C11H11ClN4O3S. The van der Waals surface area contributed by atoms with Gasteiger partial charge in [-0.05, 0) is 23.8 Å². The Morgan fingerprint density at radius 1 is 1.35 bits per heavy atom. The zero-order chi connectivity index (χ0) is 14.6. The van der Waals surface area contributed by atoms with E-state index in [1.165, 1.54) is 13.2 Å². The van der Waals surface area contributed by atoms with Crippen LogP contribution in [0.15, 0.2) is 29.7 Å². The number of hydrogen-bond acceptors (Lipinski definition) is 5. The van der Waals surface area contributed by atoms with E-state index in [0.29, 0.717) is 10.6 Å². The third-order valence-electron chi connectivity index (χ3n) is 2.20. The van der Waals surface area contributed by atoms with Crippen molar-refractivity contribution in [2.75, 3.05) is 11.8 Å². The normalized spacial score (nSPS) is 11.7. The summed E-state index contributed by atoms with van der Waals surface area (Å²) in [4.78, 5) is 3.75. The Bertz CT molecular complexity index is 710. The molecule has 7 nitrogen and oxygen atoms in total. The molecule has 0 fully saturated rings. The van der Waals surface area contributed by atoms with E-state index < -0.39 is 10.0 Å². The van der Waals surface area contributed by atoms with Crippen LogP contribution in [0.3, 0.4) is 0 Å². The highest BCUT2D eigenvalue weighted by Gasteiger charge is 2.09. The number of hydrogen-bond donors (Lipinski definition) is 2. The largest absolute Gasteiger partial charge is 0.466 e. The molecule has 0 atom stereocenters. The number of sulfonamides is 1. The zero-order valence-electron chi connectivity index (χ0n) is 10.4. The lowest BCUT2D eigenvalue weighted by molar-refractivity contribution is 0.382. The Kier molecular flexibility index (Phi) is 4.26. The minimum Gasteiger partial charge on any atom is -0.466 e. The first-order chi connectivity index (χ1) is 9.48. The standard InChI is InChI=1S/C11H11ClN4O3S/c1-19-11-13-10(14-15-11)16-20(17,18)7-6-8-2-4-9(12)5-3-8/h2-7H,1H3,(H2,13,14,15,16)/b7-6+. The zero-order valence-corrected chi connectivity index (χ0v) is 11.9. The van der Waals surface area contributed by atoms with Gasteiger partial charge >= 0.3 is 6.01 Å². The number of aromatic nitrogens is 3. The number of nitrogens with one attached hydrogen (secondary N) is 2. The molecule has 1 aromatic carbocycles. The molecule has 0 saturated carbocycles. The van der Waals surface area contributed by atoms with Gasteiger partial charge in [-0.2, -0.15) is 4.98 Å². The Labute approximate surface area is 120 Å². The first-order valence-corrected chi connectivity index (χ1v) is 7.34. The molecule has 0 spiro atoms. The molecule has 0 unspecified atom stereocenters. The van der Waals surface area contributed by atoms with Gasteiger partial charge in [0.1, 0.15) is 0 Å². The second-order valence-electron chi connectivity index (χ2n) is 3.67. The fourth-order valence-corrected chi connectivity index (χ4v) is 2.19. The van der Waals surface area contributed by atoms with E-state index in [2.05, 4.69) is 19.9 Å². The summed E-state index contributed by atoms with van der Waals surface area (Å²) in [6.07, 6.45) is 1.44. The van der Waals surface area contributed by atoms with Crippen molar-refractivity contribution in [1.29, 1.82) is 0 Å². The summed E-state index contributed by atoms with van der Waals surface area (Å²) in [5.41, 5.74) is 0.704. The van der Waals surface area contributed by atoms with Crippen LogP contribution in [0.5, 0.6) is 6.01 Å². The molecule has 0 bridgehead atoms. The fraction of sp³-hybridized carbons (Fsp3) is 0.0909. The first-order valence-electron chi connectivity index (χ1n) is 5.41.